The van der Waals surface area contributed by atoms with Gasteiger partial charge in [0.2, 0.25) is 0 Å². The van der Waals surface area contributed by atoms with Gasteiger partial charge < -0.3 is 10.6 Å². The van der Waals surface area contributed by atoms with E-state index in [4.69, 9.17) is 5.73 Å². The molecule has 21 heavy (non-hydrogen) atoms. The molecule has 0 aliphatic heterocycles. The summed E-state index contributed by atoms with van der Waals surface area (Å²) in [5.41, 5.74) is 9.41. The summed E-state index contributed by atoms with van der Waals surface area (Å²) in [6.07, 6.45) is 0. The average Bonchev–Trinajstić information content (AvgIpc) is 2.48. The first-order valence-corrected chi connectivity index (χ1v) is 7.71. The highest BCUT2D eigenvalue weighted by atomic mass is 79.9. The molecular weight excluding hydrogens is 328 g/mol. The molecule has 3 nitrogen and oxygen atoms in total. The Kier molecular flexibility index (Phi) is 5.02. The van der Waals surface area contributed by atoms with Crippen LogP contribution in [0.25, 0.3) is 0 Å². The molecule has 0 saturated carbocycles. The second kappa shape index (κ2) is 6.76. The summed E-state index contributed by atoms with van der Waals surface area (Å²) in [6, 6.07) is 13.4. The summed E-state index contributed by atoms with van der Waals surface area (Å²) in [4.78, 5) is 14.5. The van der Waals surface area contributed by atoms with Crippen LogP contribution in [0.1, 0.15) is 28.4 Å². The average molecular weight is 347 g/mol. The van der Waals surface area contributed by atoms with E-state index >= 15 is 0 Å². The number of hydrogen-bond acceptors (Lipinski definition) is 2. The number of nitrogens with two attached hydrogens (primary N) is 1. The van der Waals surface area contributed by atoms with Gasteiger partial charge >= 0.3 is 0 Å². The minimum absolute atomic E-state index is 0.0152. The maximum Gasteiger partial charge on any atom is 0.254 e. The van der Waals surface area contributed by atoms with Crippen LogP contribution in [0.3, 0.4) is 0 Å². The number of benzene rings is 2. The summed E-state index contributed by atoms with van der Waals surface area (Å²) in [6.45, 7) is 5.33. The van der Waals surface area contributed by atoms with Gasteiger partial charge in [-0.2, -0.15) is 0 Å². The lowest BCUT2D eigenvalue weighted by molar-refractivity contribution is 0.0752. The molecule has 0 atom stereocenters. The SMILES string of the molecule is CCN(Cc1ccccc1C)C(=O)c1ccc(N)c(Br)c1. The summed E-state index contributed by atoms with van der Waals surface area (Å²) >= 11 is 3.37. The Morgan fingerprint density at radius 1 is 1.24 bits per heavy atom. The molecule has 0 fully saturated rings. The van der Waals surface area contributed by atoms with Crippen LogP contribution in [-0.4, -0.2) is 17.4 Å². The van der Waals surface area contributed by atoms with Crippen molar-refractivity contribution < 1.29 is 4.79 Å². The van der Waals surface area contributed by atoms with Crippen molar-refractivity contribution in [3.05, 3.63) is 63.6 Å². The molecule has 0 aliphatic carbocycles. The van der Waals surface area contributed by atoms with E-state index in [0.29, 0.717) is 24.3 Å². The highest BCUT2D eigenvalue weighted by molar-refractivity contribution is 9.10. The molecule has 0 aliphatic rings. The molecule has 0 radical (unpaired) electrons. The van der Waals surface area contributed by atoms with Crippen LogP contribution in [0.2, 0.25) is 0 Å². The van der Waals surface area contributed by atoms with Crippen molar-refractivity contribution in [2.75, 3.05) is 12.3 Å². The number of nitrogen functional groups attached to an aromatic ring is 1. The van der Waals surface area contributed by atoms with E-state index in [1.54, 1.807) is 18.2 Å². The Labute approximate surface area is 133 Å². The van der Waals surface area contributed by atoms with Gasteiger partial charge in [0.15, 0.2) is 0 Å². The number of carbonyl (C=O) groups is 1. The second-order valence-corrected chi connectivity index (χ2v) is 5.84. The fourth-order valence-corrected chi connectivity index (χ4v) is 2.54. The lowest BCUT2D eigenvalue weighted by Gasteiger charge is -2.22. The van der Waals surface area contributed by atoms with Gasteiger partial charge in [0.05, 0.1) is 0 Å². The number of anilines is 1. The molecule has 0 bridgehead atoms. The minimum atomic E-state index is 0.0152. The number of carbonyl (C=O) groups excluding carboxylic acids is 1. The van der Waals surface area contributed by atoms with Crippen molar-refractivity contribution >= 4 is 27.5 Å². The van der Waals surface area contributed by atoms with E-state index in [2.05, 4.69) is 35.0 Å². The normalized spacial score (nSPS) is 10.4. The topological polar surface area (TPSA) is 46.3 Å². The van der Waals surface area contributed by atoms with Crippen molar-refractivity contribution in [2.24, 2.45) is 0 Å². The Hall–Kier alpha value is -1.81. The number of amides is 1. The summed E-state index contributed by atoms with van der Waals surface area (Å²) in [5, 5.41) is 0. The van der Waals surface area contributed by atoms with Crippen LogP contribution in [0, 0.1) is 6.92 Å². The number of nitrogens with zero attached hydrogens (tertiary/aromatic N) is 1. The van der Waals surface area contributed by atoms with Crippen molar-refractivity contribution in [3.8, 4) is 0 Å². The maximum atomic E-state index is 12.6. The number of halogens is 1. The van der Waals surface area contributed by atoms with Crippen molar-refractivity contribution in [2.45, 2.75) is 20.4 Å². The van der Waals surface area contributed by atoms with Crippen LogP contribution < -0.4 is 5.73 Å². The summed E-state index contributed by atoms with van der Waals surface area (Å²) in [7, 11) is 0. The Bertz CT molecular complexity index is 655. The summed E-state index contributed by atoms with van der Waals surface area (Å²) in [5.74, 6) is 0.0152. The van der Waals surface area contributed by atoms with Crippen molar-refractivity contribution in [3.63, 3.8) is 0 Å². The van der Waals surface area contributed by atoms with E-state index in [9.17, 15) is 4.79 Å². The molecule has 4 heteroatoms. The first-order chi connectivity index (χ1) is 10.0. The van der Waals surface area contributed by atoms with Gasteiger partial charge in [0.1, 0.15) is 0 Å². The molecule has 1 amide bonds. The third-order valence-corrected chi connectivity index (χ3v) is 4.23. The molecule has 0 spiro atoms. The van der Waals surface area contributed by atoms with E-state index < -0.39 is 0 Å². The van der Waals surface area contributed by atoms with Crippen LogP contribution in [-0.2, 0) is 6.54 Å². The number of rotatable bonds is 4. The molecule has 2 rings (SSSR count). The predicted octanol–water partition coefficient (Wildman–Crippen LogP) is 4.00. The van der Waals surface area contributed by atoms with E-state index in [0.717, 1.165) is 4.47 Å². The first-order valence-electron chi connectivity index (χ1n) is 6.91. The molecule has 2 aromatic rings. The van der Waals surface area contributed by atoms with Gasteiger partial charge in [-0.05, 0) is 59.1 Å². The first kappa shape index (κ1) is 15.6. The zero-order valence-electron chi connectivity index (χ0n) is 12.3. The smallest absolute Gasteiger partial charge is 0.254 e. The zero-order valence-corrected chi connectivity index (χ0v) is 13.9. The Morgan fingerprint density at radius 2 is 1.95 bits per heavy atom. The third-order valence-electron chi connectivity index (χ3n) is 3.54. The summed E-state index contributed by atoms with van der Waals surface area (Å²) < 4.78 is 0.750. The fraction of sp³-hybridized carbons (Fsp3) is 0.235. The van der Waals surface area contributed by atoms with Gasteiger partial charge in [-0.15, -0.1) is 0 Å². The van der Waals surface area contributed by atoms with Crippen molar-refractivity contribution in [1.29, 1.82) is 0 Å². The molecule has 0 unspecified atom stereocenters. The highest BCUT2D eigenvalue weighted by Gasteiger charge is 2.16. The monoisotopic (exact) mass is 346 g/mol. The zero-order chi connectivity index (χ0) is 15.4. The molecule has 2 aromatic carbocycles. The molecule has 110 valence electrons. The van der Waals surface area contributed by atoms with Gasteiger partial charge in [-0.3, -0.25) is 4.79 Å². The molecule has 0 heterocycles. The van der Waals surface area contributed by atoms with Gasteiger partial charge in [-0.25, -0.2) is 0 Å². The number of aryl methyl sites for hydroxylation is 1. The van der Waals surface area contributed by atoms with E-state index in [1.165, 1.54) is 11.1 Å². The Morgan fingerprint density at radius 3 is 2.57 bits per heavy atom. The lowest BCUT2D eigenvalue weighted by Crippen LogP contribution is -2.30. The van der Waals surface area contributed by atoms with Crippen LogP contribution in [0.15, 0.2) is 46.9 Å². The van der Waals surface area contributed by atoms with E-state index in [1.807, 2.05) is 24.0 Å². The van der Waals surface area contributed by atoms with Gasteiger partial charge in [-0.1, -0.05) is 24.3 Å². The fourth-order valence-electron chi connectivity index (χ4n) is 2.16. The molecule has 0 aromatic heterocycles. The molecular formula is C17H19BrN2O. The van der Waals surface area contributed by atoms with Crippen LogP contribution in [0.5, 0.6) is 0 Å². The molecule has 0 saturated heterocycles. The number of hydrogen-bond donors (Lipinski definition) is 1. The lowest BCUT2D eigenvalue weighted by atomic mass is 10.1. The quantitative estimate of drug-likeness (QED) is 0.850. The second-order valence-electron chi connectivity index (χ2n) is 4.98. The predicted molar refractivity (Wildman–Crippen MR) is 90.1 cm³/mol. The van der Waals surface area contributed by atoms with Crippen molar-refractivity contribution in [1.82, 2.24) is 4.90 Å². The van der Waals surface area contributed by atoms with Gasteiger partial charge in [0, 0.05) is 28.8 Å². The van der Waals surface area contributed by atoms with Crippen LogP contribution >= 0.6 is 15.9 Å². The maximum absolute atomic E-state index is 12.6. The standard InChI is InChI=1S/C17H19BrN2O/c1-3-20(11-14-7-5-4-6-12(14)2)17(21)13-8-9-16(19)15(18)10-13/h4-10H,3,11,19H2,1-2H3. The molecule has 2 N–H and O–H groups in total. The van der Waals surface area contributed by atoms with Crippen LogP contribution in [0.4, 0.5) is 5.69 Å². The van der Waals surface area contributed by atoms with Gasteiger partial charge in [0.25, 0.3) is 5.91 Å². The highest BCUT2D eigenvalue weighted by Crippen LogP contribution is 2.22. The van der Waals surface area contributed by atoms with E-state index in [-0.39, 0.29) is 5.91 Å². The third kappa shape index (κ3) is 3.64. The largest absolute Gasteiger partial charge is 0.398 e. The Balaban J connectivity index is 2.22. The minimum Gasteiger partial charge on any atom is -0.398 e.